The van der Waals surface area contributed by atoms with Gasteiger partial charge in [0.25, 0.3) is 0 Å². The van der Waals surface area contributed by atoms with Crippen molar-refractivity contribution in [2.75, 3.05) is 6.61 Å². The highest BCUT2D eigenvalue weighted by atomic mass is 16.7. The van der Waals surface area contributed by atoms with Crippen molar-refractivity contribution >= 4 is 11.8 Å². The summed E-state index contributed by atoms with van der Waals surface area (Å²) in [5.41, 5.74) is -1.18. The van der Waals surface area contributed by atoms with Crippen molar-refractivity contribution in [3.05, 3.63) is 23.8 Å². The number of rotatable bonds is 3. The van der Waals surface area contributed by atoms with Gasteiger partial charge >= 0.3 is 5.97 Å². The Morgan fingerprint density at radius 1 is 1.27 bits per heavy atom. The summed E-state index contributed by atoms with van der Waals surface area (Å²) in [5, 5.41) is 32.5. The highest BCUT2D eigenvalue weighted by Crippen LogP contribution is 2.48. The van der Waals surface area contributed by atoms with Gasteiger partial charge in [-0.3, -0.25) is 4.79 Å². The van der Waals surface area contributed by atoms with E-state index in [-0.39, 0.29) is 24.9 Å². The second-order valence-electron chi connectivity index (χ2n) is 10.8. The fourth-order valence-electron chi connectivity index (χ4n) is 5.12. The number of aliphatic hydroxyl groups excluding tert-OH is 2. The van der Waals surface area contributed by atoms with Crippen molar-refractivity contribution in [2.45, 2.75) is 96.6 Å². The van der Waals surface area contributed by atoms with Crippen molar-refractivity contribution < 1.29 is 39.1 Å². The molecule has 0 radical (unpaired) electrons. The third kappa shape index (κ3) is 4.95. The van der Waals surface area contributed by atoms with E-state index < -0.39 is 52.9 Å². The van der Waals surface area contributed by atoms with Gasteiger partial charge in [0.15, 0.2) is 11.9 Å². The van der Waals surface area contributed by atoms with Crippen LogP contribution in [0.4, 0.5) is 0 Å². The molecule has 2 saturated heterocycles. The lowest BCUT2D eigenvalue weighted by atomic mass is 9.78. The van der Waals surface area contributed by atoms with Crippen molar-refractivity contribution in [3.63, 3.8) is 0 Å². The Bertz CT molecular complexity index is 832. The number of Topliss-reactive ketones (excluding diaryl/α,β-unsaturated/α-hetero) is 1. The molecule has 0 aromatic carbocycles. The molecule has 0 aliphatic carbocycles. The molecule has 0 spiro atoms. The van der Waals surface area contributed by atoms with Crippen molar-refractivity contribution in [2.24, 2.45) is 17.3 Å². The first-order valence-electron chi connectivity index (χ1n) is 11.7. The number of fused-ring (bicyclic) bond motifs is 4. The highest BCUT2D eigenvalue weighted by molar-refractivity contribution is 5.87. The monoisotopic (exact) mass is 466 g/mol. The molecule has 8 nitrogen and oxygen atoms in total. The van der Waals surface area contributed by atoms with Crippen LogP contribution in [-0.2, 0) is 23.8 Å². The van der Waals surface area contributed by atoms with Crippen LogP contribution >= 0.6 is 0 Å². The number of carbonyl (C=O) groups is 2. The zero-order valence-corrected chi connectivity index (χ0v) is 20.4. The molecule has 3 aliphatic heterocycles. The van der Waals surface area contributed by atoms with Gasteiger partial charge in [-0.15, -0.1) is 0 Å². The molecule has 3 N–H and O–H groups in total. The first kappa shape index (κ1) is 26.0. The minimum absolute atomic E-state index is 0.209. The molecule has 0 saturated carbocycles. The van der Waals surface area contributed by atoms with Gasteiger partial charge in [-0.1, -0.05) is 39.8 Å². The fraction of sp³-hybridized carbons (Fsp3) is 0.760. The first-order valence-corrected chi connectivity index (χ1v) is 11.7. The molecule has 8 atom stereocenters. The highest BCUT2D eigenvalue weighted by Gasteiger charge is 2.62. The normalized spacial score (nSPS) is 44.5. The van der Waals surface area contributed by atoms with E-state index in [1.165, 1.54) is 0 Å². The van der Waals surface area contributed by atoms with E-state index in [9.17, 15) is 24.9 Å². The van der Waals surface area contributed by atoms with Crippen LogP contribution in [0.15, 0.2) is 23.8 Å². The third-order valence-electron chi connectivity index (χ3n) is 7.39. The molecular formula is C25H38O8. The number of hydrogen-bond acceptors (Lipinski definition) is 8. The van der Waals surface area contributed by atoms with E-state index in [0.29, 0.717) is 18.4 Å². The summed E-state index contributed by atoms with van der Waals surface area (Å²) in [4.78, 5) is 25.7. The van der Waals surface area contributed by atoms with Crippen LogP contribution in [0.2, 0.25) is 0 Å². The number of ketones is 1. The van der Waals surface area contributed by atoms with Gasteiger partial charge in [0.2, 0.25) is 5.79 Å². The van der Waals surface area contributed by atoms with Crippen LogP contribution in [0.25, 0.3) is 0 Å². The predicted molar refractivity (Wildman–Crippen MR) is 120 cm³/mol. The van der Waals surface area contributed by atoms with Crippen LogP contribution in [0.5, 0.6) is 0 Å². The SMILES string of the molecule is C/C(=C\C(=O)O[C@@H]1[C@H](C)C[C@H]2O[C@]1(O)[C@@H](O)[C@]1(C)CC[C@@H](O1)C(C)(C)/C=C/[C@H](C)C2=O)CO. The van der Waals surface area contributed by atoms with E-state index in [2.05, 4.69) is 0 Å². The Balaban J connectivity index is 2.05. The molecule has 4 bridgehead atoms. The Labute approximate surface area is 195 Å². The van der Waals surface area contributed by atoms with Crippen LogP contribution in [0, 0.1) is 17.3 Å². The van der Waals surface area contributed by atoms with Gasteiger partial charge in [-0.25, -0.2) is 4.79 Å². The maximum Gasteiger partial charge on any atom is 0.331 e. The number of allylic oxidation sites excluding steroid dienone is 1. The smallest absolute Gasteiger partial charge is 0.331 e. The molecule has 3 aliphatic rings. The zero-order chi connectivity index (χ0) is 24.8. The zero-order valence-electron chi connectivity index (χ0n) is 20.4. The summed E-state index contributed by atoms with van der Waals surface area (Å²) in [6.45, 7) is 10.5. The molecule has 8 heteroatoms. The Kier molecular flexibility index (Phi) is 7.28. The maximum atomic E-state index is 13.2. The summed E-state index contributed by atoms with van der Waals surface area (Å²) >= 11 is 0. The van der Waals surface area contributed by atoms with E-state index >= 15 is 0 Å². The van der Waals surface area contributed by atoms with E-state index in [1.54, 1.807) is 27.7 Å². The van der Waals surface area contributed by atoms with Crippen LogP contribution in [0.1, 0.15) is 60.8 Å². The molecular weight excluding hydrogens is 428 g/mol. The fourth-order valence-corrected chi connectivity index (χ4v) is 5.12. The molecule has 0 aromatic rings. The van der Waals surface area contributed by atoms with Gasteiger partial charge in [0, 0.05) is 23.3 Å². The number of esters is 1. The third-order valence-corrected chi connectivity index (χ3v) is 7.39. The lowest BCUT2D eigenvalue weighted by Gasteiger charge is -2.51. The van der Waals surface area contributed by atoms with E-state index in [0.717, 1.165) is 6.08 Å². The minimum atomic E-state index is -2.36. The number of aliphatic hydroxyl groups is 3. The Morgan fingerprint density at radius 2 is 1.94 bits per heavy atom. The Morgan fingerprint density at radius 3 is 2.58 bits per heavy atom. The van der Waals surface area contributed by atoms with Gasteiger partial charge in [-0.2, -0.15) is 0 Å². The second kappa shape index (κ2) is 9.23. The lowest BCUT2D eigenvalue weighted by molar-refractivity contribution is -0.363. The molecule has 0 unspecified atom stereocenters. The minimum Gasteiger partial charge on any atom is -0.453 e. The molecule has 186 valence electrons. The molecule has 0 aromatic heterocycles. The maximum absolute atomic E-state index is 13.2. The van der Waals surface area contributed by atoms with Gasteiger partial charge in [0.05, 0.1) is 18.3 Å². The summed E-state index contributed by atoms with van der Waals surface area (Å²) in [5.74, 6) is -4.30. The molecule has 2 fully saturated rings. The van der Waals surface area contributed by atoms with Crippen LogP contribution < -0.4 is 0 Å². The lowest BCUT2D eigenvalue weighted by Crippen LogP contribution is -2.68. The molecule has 33 heavy (non-hydrogen) atoms. The standard InChI is InChI=1S/C25H38O8/c1-14(13-26)11-19(27)31-21-16(3)12-17-20(28)15(2)7-9-23(4,5)18-8-10-24(6,33-18)22(29)25(21,30)32-17/h7,9,11,15-18,21-22,26,29-30H,8,10,12-13H2,1-6H3/b9-7+,14-11+/t15-,16+,17+,18+,21+,22-,24-,25-/m0/s1. The Hall–Kier alpha value is -1.58. The molecule has 3 rings (SSSR count). The average Bonchev–Trinajstić information content (AvgIpc) is 3.17. The van der Waals surface area contributed by atoms with Crippen LogP contribution in [0.3, 0.4) is 0 Å². The molecule has 0 amide bonds. The van der Waals surface area contributed by atoms with E-state index in [1.807, 2.05) is 26.0 Å². The first-order chi connectivity index (χ1) is 15.2. The summed E-state index contributed by atoms with van der Waals surface area (Å²) in [7, 11) is 0. The van der Waals surface area contributed by atoms with Crippen molar-refractivity contribution in [3.8, 4) is 0 Å². The van der Waals surface area contributed by atoms with Crippen molar-refractivity contribution in [1.82, 2.24) is 0 Å². The summed E-state index contributed by atoms with van der Waals surface area (Å²) in [6, 6.07) is 0. The second-order valence-corrected chi connectivity index (χ2v) is 10.8. The predicted octanol–water partition coefficient (Wildman–Crippen LogP) is 2.05. The number of hydrogen-bond donors (Lipinski definition) is 3. The van der Waals surface area contributed by atoms with Gasteiger partial charge in [0.1, 0.15) is 12.2 Å². The molecule has 3 heterocycles. The van der Waals surface area contributed by atoms with Gasteiger partial charge in [-0.05, 0) is 38.7 Å². The van der Waals surface area contributed by atoms with Crippen LogP contribution in [-0.4, -0.2) is 69.5 Å². The largest absolute Gasteiger partial charge is 0.453 e. The van der Waals surface area contributed by atoms with Crippen molar-refractivity contribution in [1.29, 1.82) is 0 Å². The summed E-state index contributed by atoms with van der Waals surface area (Å²) in [6.07, 6.45) is 2.24. The topological polar surface area (TPSA) is 123 Å². The quantitative estimate of drug-likeness (QED) is 0.328. The average molecular weight is 467 g/mol. The van der Waals surface area contributed by atoms with E-state index in [4.69, 9.17) is 14.2 Å². The summed E-state index contributed by atoms with van der Waals surface area (Å²) < 4.78 is 17.8. The number of ether oxygens (including phenoxy) is 3. The van der Waals surface area contributed by atoms with Gasteiger partial charge < -0.3 is 29.5 Å². The number of carbonyl (C=O) groups excluding carboxylic acids is 2.